The van der Waals surface area contributed by atoms with Crippen LogP contribution in [0.4, 0.5) is 16.2 Å². The topological polar surface area (TPSA) is 64.6 Å². The fourth-order valence-electron chi connectivity index (χ4n) is 2.46. The lowest BCUT2D eigenvalue weighted by molar-refractivity contribution is 0.0955. The average molecular weight is 277 g/mol. The minimum absolute atomic E-state index is 0.134. The van der Waals surface area contributed by atoms with Gasteiger partial charge in [0.2, 0.25) is 0 Å². The number of benzene rings is 1. The first-order valence-electron chi connectivity index (χ1n) is 7.09. The summed E-state index contributed by atoms with van der Waals surface area (Å²) in [6.07, 6.45) is 3.27. The number of hydrogen-bond acceptors (Lipinski definition) is 3. The third kappa shape index (κ3) is 3.87. The molecule has 1 aliphatic carbocycles. The molecule has 0 aliphatic heterocycles. The molecule has 0 bridgehead atoms. The number of anilines is 2. The van der Waals surface area contributed by atoms with E-state index in [9.17, 15) is 9.90 Å². The summed E-state index contributed by atoms with van der Waals surface area (Å²) in [7, 11) is 3.94. The minimum Gasteiger partial charge on any atom is -0.391 e. The molecule has 110 valence electrons. The lowest BCUT2D eigenvalue weighted by Gasteiger charge is -2.28. The van der Waals surface area contributed by atoms with Crippen molar-refractivity contribution in [3.8, 4) is 0 Å². The molecule has 1 saturated carbocycles. The SMILES string of the molecule is CN(C)c1ccc(NC(=O)N[C@H]2CCCC[C@H]2O)cc1. The first-order valence-corrected chi connectivity index (χ1v) is 7.09. The van der Waals surface area contributed by atoms with Crippen LogP contribution in [0, 0.1) is 0 Å². The van der Waals surface area contributed by atoms with E-state index in [-0.39, 0.29) is 12.1 Å². The Morgan fingerprint density at radius 1 is 1.20 bits per heavy atom. The second-order valence-corrected chi connectivity index (χ2v) is 5.50. The molecule has 0 saturated heterocycles. The van der Waals surface area contributed by atoms with Crippen LogP contribution in [0.2, 0.25) is 0 Å². The van der Waals surface area contributed by atoms with E-state index in [2.05, 4.69) is 10.6 Å². The predicted octanol–water partition coefficient (Wildman–Crippen LogP) is 2.18. The van der Waals surface area contributed by atoms with Gasteiger partial charge in [-0.15, -0.1) is 0 Å². The number of aliphatic hydroxyl groups is 1. The highest BCUT2D eigenvalue weighted by Gasteiger charge is 2.24. The first kappa shape index (κ1) is 14.7. The van der Waals surface area contributed by atoms with Crippen LogP contribution in [-0.4, -0.2) is 37.4 Å². The Hall–Kier alpha value is -1.75. The van der Waals surface area contributed by atoms with Crippen molar-refractivity contribution in [2.75, 3.05) is 24.3 Å². The summed E-state index contributed by atoms with van der Waals surface area (Å²) in [6.45, 7) is 0. The molecular weight excluding hydrogens is 254 g/mol. The smallest absolute Gasteiger partial charge is 0.319 e. The van der Waals surface area contributed by atoms with Crippen LogP contribution < -0.4 is 15.5 Å². The van der Waals surface area contributed by atoms with Crippen LogP contribution in [0.5, 0.6) is 0 Å². The number of rotatable bonds is 3. The number of carbonyl (C=O) groups excluding carboxylic acids is 1. The van der Waals surface area contributed by atoms with Crippen molar-refractivity contribution in [1.82, 2.24) is 5.32 Å². The standard InChI is InChI=1S/C15H23N3O2/c1-18(2)12-9-7-11(8-10-12)16-15(20)17-13-5-3-4-6-14(13)19/h7-10,13-14,19H,3-6H2,1-2H3,(H2,16,17,20)/t13-,14+/m0/s1. The van der Waals surface area contributed by atoms with Crippen molar-refractivity contribution in [3.63, 3.8) is 0 Å². The number of hydrogen-bond donors (Lipinski definition) is 3. The van der Waals surface area contributed by atoms with Gasteiger partial charge in [0.1, 0.15) is 0 Å². The van der Waals surface area contributed by atoms with Crippen molar-refractivity contribution in [2.45, 2.75) is 37.8 Å². The molecular formula is C15H23N3O2. The Kier molecular flexibility index (Phi) is 4.84. The van der Waals surface area contributed by atoms with Crippen molar-refractivity contribution in [2.24, 2.45) is 0 Å². The van der Waals surface area contributed by atoms with Gasteiger partial charge in [-0.2, -0.15) is 0 Å². The molecule has 0 aromatic heterocycles. The molecule has 5 heteroatoms. The molecule has 2 rings (SSSR count). The Morgan fingerprint density at radius 2 is 1.85 bits per heavy atom. The van der Waals surface area contributed by atoms with Crippen molar-refractivity contribution < 1.29 is 9.90 Å². The van der Waals surface area contributed by atoms with E-state index in [0.717, 1.165) is 37.1 Å². The molecule has 0 spiro atoms. The molecule has 20 heavy (non-hydrogen) atoms. The fraction of sp³-hybridized carbons (Fsp3) is 0.533. The van der Waals surface area contributed by atoms with E-state index in [1.807, 2.05) is 43.3 Å². The third-order valence-corrected chi connectivity index (χ3v) is 3.69. The van der Waals surface area contributed by atoms with Crippen LogP contribution >= 0.6 is 0 Å². The van der Waals surface area contributed by atoms with E-state index in [4.69, 9.17) is 0 Å². The van der Waals surface area contributed by atoms with Gasteiger partial charge < -0.3 is 20.6 Å². The van der Waals surface area contributed by atoms with Gasteiger partial charge in [-0.1, -0.05) is 12.8 Å². The van der Waals surface area contributed by atoms with Crippen LogP contribution in [0.3, 0.4) is 0 Å². The first-order chi connectivity index (χ1) is 9.56. The second-order valence-electron chi connectivity index (χ2n) is 5.50. The molecule has 0 heterocycles. The molecule has 3 N–H and O–H groups in total. The highest BCUT2D eigenvalue weighted by Crippen LogP contribution is 2.19. The summed E-state index contributed by atoms with van der Waals surface area (Å²) in [6, 6.07) is 7.24. The van der Waals surface area contributed by atoms with Gasteiger partial charge in [-0.05, 0) is 37.1 Å². The lowest BCUT2D eigenvalue weighted by Crippen LogP contribution is -2.46. The van der Waals surface area contributed by atoms with E-state index >= 15 is 0 Å². The Balaban J connectivity index is 1.87. The van der Waals surface area contributed by atoms with Gasteiger partial charge in [0.15, 0.2) is 0 Å². The summed E-state index contributed by atoms with van der Waals surface area (Å²) in [5, 5.41) is 15.5. The van der Waals surface area contributed by atoms with Crippen LogP contribution in [0.15, 0.2) is 24.3 Å². The van der Waals surface area contributed by atoms with Crippen LogP contribution in [0.1, 0.15) is 25.7 Å². The minimum atomic E-state index is -0.425. The maximum absolute atomic E-state index is 11.9. The van der Waals surface area contributed by atoms with E-state index in [1.54, 1.807) is 0 Å². The maximum atomic E-state index is 11.9. The number of urea groups is 1. The summed E-state index contributed by atoms with van der Waals surface area (Å²) in [4.78, 5) is 13.9. The van der Waals surface area contributed by atoms with E-state index in [1.165, 1.54) is 0 Å². The summed E-state index contributed by atoms with van der Waals surface area (Å²) >= 11 is 0. The summed E-state index contributed by atoms with van der Waals surface area (Å²) < 4.78 is 0. The number of nitrogens with one attached hydrogen (secondary N) is 2. The van der Waals surface area contributed by atoms with Crippen LogP contribution in [0.25, 0.3) is 0 Å². The molecule has 0 unspecified atom stereocenters. The van der Waals surface area contributed by atoms with Crippen molar-refractivity contribution >= 4 is 17.4 Å². The highest BCUT2D eigenvalue weighted by molar-refractivity contribution is 5.89. The average Bonchev–Trinajstić information content (AvgIpc) is 2.42. The molecule has 1 aliphatic rings. The molecule has 1 aromatic rings. The summed E-state index contributed by atoms with van der Waals surface area (Å²) in [5.74, 6) is 0. The largest absolute Gasteiger partial charge is 0.391 e. The lowest BCUT2D eigenvalue weighted by atomic mass is 9.93. The number of carbonyl (C=O) groups is 1. The van der Waals surface area contributed by atoms with Gasteiger partial charge in [0, 0.05) is 25.5 Å². The molecule has 5 nitrogen and oxygen atoms in total. The highest BCUT2D eigenvalue weighted by atomic mass is 16.3. The second kappa shape index (κ2) is 6.61. The zero-order valence-corrected chi connectivity index (χ0v) is 12.1. The van der Waals surface area contributed by atoms with Crippen LogP contribution in [-0.2, 0) is 0 Å². The third-order valence-electron chi connectivity index (χ3n) is 3.69. The fourth-order valence-corrected chi connectivity index (χ4v) is 2.46. The number of aliphatic hydroxyl groups excluding tert-OH is 1. The molecule has 1 fully saturated rings. The molecule has 0 radical (unpaired) electrons. The van der Waals surface area contributed by atoms with Gasteiger partial charge in [-0.3, -0.25) is 0 Å². The van der Waals surface area contributed by atoms with Gasteiger partial charge in [0.25, 0.3) is 0 Å². The normalized spacial score (nSPS) is 22.1. The molecule has 1 aromatic carbocycles. The zero-order chi connectivity index (χ0) is 14.5. The van der Waals surface area contributed by atoms with Crippen molar-refractivity contribution in [1.29, 1.82) is 0 Å². The van der Waals surface area contributed by atoms with Gasteiger partial charge in [0.05, 0.1) is 12.1 Å². The Labute approximate surface area is 120 Å². The maximum Gasteiger partial charge on any atom is 0.319 e. The molecule has 2 atom stereocenters. The number of nitrogens with zero attached hydrogens (tertiary/aromatic N) is 1. The number of amides is 2. The monoisotopic (exact) mass is 277 g/mol. The Morgan fingerprint density at radius 3 is 2.45 bits per heavy atom. The van der Waals surface area contributed by atoms with Crippen molar-refractivity contribution in [3.05, 3.63) is 24.3 Å². The Bertz CT molecular complexity index is 445. The van der Waals surface area contributed by atoms with Gasteiger partial charge >= 0.3 is 6.03 Å². The van der Waals surface area contributed by atoms with E-state index < -0.39 is 6.10 Å². The quantitative estimate of drug-likeness (QED) is 0.793. The zero-order valence-electron chi connectivity index (χ0n) is 12.1. The van der Waals surface area contributed by atoms with E-state index in [0.29, 0.717) is 0 Å². The summed E-state index contributed by atoms with van der Waals surface area (Å²) in [5.41, 5.74) is 1.83. The predicted molar refractivity (Wildman–Crippen MR) is 81.2 cm³/mol. The van der Waals surface area contributed by atoms with Gasteiger partial charge in [-0.25, -0.2) is 4.79 Å². The molecule has 2 amide bonds.